The SMILES string of the molecule is COc1cc(Oc2cc[n+]([O-])c3ccc(Br)cc23)cc([N+](=O)[O-])c1. The number of ether oxygens (including phenoxy) is 2. The number of nitro benzene ring substituents is 1. The van der Waals surface area contributed by atoms with E-state index in [0.717, 1.165) is 9.20 Å². The third-order valence-corrected chi connectivity index (χ3v) is 3.86. The first-order valence-electron chi connectivity index (χ1n) is 6.80. The summed E-state index contributed by atoms with van der Waals surface area (Å²) in [5.74, 6) is 0.950. The van der Waals surface area contributed by atoms with Crippen molar-refractivity contribution in [2.24, 2.45) is 0 Å². The van der Waals surface area contributed by atoms with Gasteiger partial charge in [0, 0.05) is 22.7 Å². The summed E-state index contributed by atoms with van der Waals surface area (Å²) in [7, 11) is 1.41. The highest BCUT2D eigenvalue weighted by molar-refractivity contribution is 9.10. The first kappa shape index (κ1) is 16.0. The van der Waals surface area contributed by atoms with Gasteiger partial charge in [0.2, 0.25) is 5.52 Å². The third-order valence-electron chi connectivity index (χ3n) is 3.36. The quantitative estimate of drug-likeness (QED) is 0.291. The standard InChI is InChI=1S/C16H11BrN2O5/c1-23-12-7-11(19(21)22)8-13(9-12)24-16-4-5-18(20)15-3-2-10(17)6-14(15)16/h2-9H,1H3. The Kier molecular flexibility index (Phi) is 4.22. The minimum atomic E-state index is -0.527. The predicted octanol–water partition coefficient (Wildman–Crippen LogP) is 3.94. The topological polar surface area (TPSA) is 88.5 Å². The molecule has 1 heterocycles. The van der Waals surface area contributed by atoms with E-state index < -0.39 is 4.92 Å². The molecule has 0 atom stereocenters. The first-order chi connectivity index (χ1) is 11.5. The highest BCUT2D eigenvalue weighted by Gasteiger charge is 2.15. The second-order valence-electron chi connectivity index (χ2n) is 4.89. The molecular formula is C16H11BrN2O5. The molecule has 0 spiro atoms. The van der Waals surface area contributed by atoms with E-state index in [1.807, 2.05) is 0 Å². The van der Waals surface area contributed by atoms with E-state index in [1.54, 1.807) is 18.2 Å². The Morgan fingerprint density at radius 1 is 1.12 bits per heavy atom. The molecule has 0 amide bonds. The molecule has 0 aliphatic rings. The van der Waals surface area contributed by atoms with Gasteiger partial charge in [-0.1, -0.05) is 15.9 Å². The number of hydrogen-bond acceptors (Lipinski definition) is 5. The minimum absolute atomic E-state index is 0.148. The number of halogens is 1. The van der Waals surface area contributed by atoms with Crippen LogP contribution in [0.1, 0.15) is 0 Å². The van der Waals surface area contributed by atoms with Crippen LogP contribution < -0.4 is 14.2 Å². The summed E-state index contributed by atoms with van der Waals surface area (Å²) in [6.45, 7) is 0. The summed E-state index contributed by atoms with van der Waals surface area (Å²) in [4.78, 5) is 10.5. The maximum atomic E-state index is 11.9. The van der Waals surface area contributed by atoms with Gasteiger partial charge in [0.1, 0.15) is 17.2 Å². The van der Waals surface area contributed by atoms with Crippen LogP contribution in [0.3, 0.4) is 0 Å². The van der Waals surface area contributed by atoms with E-state index >= 15 is 0 Å². The van der Waals surface area contributed by atoms with Gasteiger partial charge in [-0.05, 0) is 12.1 Å². The van der Waals surface area contributed by atoms with Crippen molar-refractivity contribution in [2.75, 3.05) is 7.11 Å². The number of aromatic nitrogens is 1. The Bertz CT molecular complexity index is 945. The Morgan fingerprint density at radius 3 is 2.58 bits per heavy atom. The zero-order chi connectivity index (χ0) is 17.3. The van der Waals surface area contributed by atoms with E-state index in [1.165, 1.54) is 37.6 Å². The lowest BCUT2D eigenvalue weighted by Crippen LogP contribution is -2.25. The van der Waals surface area contributed by atoms with Crippen molar-refractivity contribution < 1.29 is 19.1 Å². The molecule has 24 heavy (non-hydrogen) atoms. The van der Waals surface area contributed by atoms with Gasteiger partial charge < -0.3 is 14.7 Å². The number of pyridine rings is 1. The summed E-state index contributed by atoms with van der Waals surface area (Å²) < 4.78 is 12.3. The molecule has 3 rings (SSSR count). The van der Waals surface area contributed by atoms with Gasteiger partial charge in [-0.15, -0.1) is 0 Å². The van der Waals surface area contributed by atoms with Crippen molar-refractivity contribution in [1.82, 2.24) is 0 Å². The third kappa shape index (κ3) is 3.09. The predicted molar refractivity (Wildman–Crippen MR) is 90.3 cm³/mol. The number of fused-ring (bicyclic) bond motifs is 1. The minimum Gasteiger partial charge on any atom is -0.618 e. The lowest BCUT2D eigenvalue weighted by atomic mass is 10.2. The molecule has 7 nitrogen and oxygen atoms in total. The van der Waals surface area contributed by atoms with Crippen molar-refractivity contribution in [3.8, 4) is 17.2 Å². The van der Waals surface area contributed by atoms with Crippen molar-refractivity contribution in [2.45, 2.75) is 0 Å². The van der Waals surface area contributed by atoms with E-state index in [2.05, 4.69) is 15.9 Å². The number of nitro groups is 1. The Morgan fingerprint density at radius 2 is 1.88 bits per heavy atom. The van der Waals surface area contributed by atoms with Gasteiger partial charge in [-0.3, -0.25) is 10.1 Å². The second kappa shape index (κ2) is 6.32. The Hall–Kier alpha value is -2.87. The number of non-ortho nitro benzene ring substituents is 1. The summed E-state index contributed by atoms with van der Waals surface area (Å²) in [6, 6.07) is 10.8. The van der Waals surface area contributed by atoms with Crippen LogP contribution in [-0.4, -0.2) is 12.0 Å². The van der Waals surface area contributed by atoms with Crippen molar-refractivity contribution in [3.63, 3.8) is 0 Å². The number of rotatable bonds is 4. The molecule has 8 heteroatoms. The molecule has 0 fully saturated rings. The molecule has 0 aliphatic heterocycles. The van der Waals surface area contributed by atoms with Crippen molar-refractivity contribution in [1.29, 1.82) is 0 Å². The lowest BCUT2D eigenvalue weighted by molar-refractivity contribution is -0.577. The smallest absolute Gasteiger partial charge is 0.276 e. The number of nitrogens with zero attached hydrogens (tertiary/aromatic N) is 2. The first-order valence-corrected chi connectivity index (χ1v) is 7.60. The molecule has 0 N–H and O–H groups in total. The molecule has 3 aromatic rings. The van der Waals surface area contributed by atoms with Crippen LogP contribution in [0.4, 0.5) is 5.69 Å². The molecule has 122 valence electrons. The van der Waals surface area contributed by atoms with E-state index in [-0.39, 0.29) is 11.4 Å². The summed E-state index contributed by atoms with van der Waals surface area (Å²) in [5, 5.41) is 23.5. The van der Waals surface area contributed by atoms with Crippen LogP contribution in [-0.2, 0) is 0 Å². The molecular weight excluding hydrogens is 380 g/mol. The number of methoxy groups -OCH3 is 1. The maximum absolute atomic E-state index is 11.9. The van der Waals surface area contributed by atoms with Gasteiger partial charge in [0.25, 0.3) is 5.69 Å². The largest absolute Gasteiger partial charge is 0.618 e. The van der Waals surface area contributed by atoms with Crippen molar-refractivity contribution in [3.05, 3.63) is 68.5 Å². The molecule has 0 saturated heterocycles. The van der Waals surface area contributed by atoms with Crippen LogP contribution in [0.2, 0.25) is 0 Å². The average molecular weight is 391 g/mol. The lowest BCUT2D eigenvalue weighted by Gasteiger charge is -2.10. The maximum Gasteiger partial charge on any atom is 0.276 e. The number of hydrogen-bond donors (Lipinski definition) is 0. The van der Waals surface area contributed by atoms with Gasteiger partial charge in [0.05, 0.1) is 29.6 Å². The van der Waals surface area contributed by atoms with Crippen LogP contribution in [0.5, 0.6) is 17.2 Å². The highest BCUT2D eigenvalue weighted by Crippen LogP contribution is 2.34. The van der Waals surface area contributed by atoms with Gasteiger partial charge in [0.15, 0.2) is 6.20 Å². The second-order valence-corrected chi connectivity index (χ2v) is 5.81. The summed E-state index contributed by atoms with van der Waals surface area (Å²) in [5.41, 5.74) is 0.276. The van der Waals surface area contributed by atoms with Gasteiger partial charge in [-0.2, -0.15) is 4.73 Å². The fourth-order valence-corrected chi connectivity index (χ4v) is 2.62. The fourth-order valence-electron chi connectivity index (χ4n) is 2.26. The molecule has 0 radical (unpaired) electrons. The molecule has 2 aromatic carbocycles. The Balaban J connectivity index is 2.10. The number of benzene rings is 2. The average Bonchev–Trinajstić information content (AvgIpc) is 2.57. The van der Waals surface area contributed by atoms with Crippen LogP contribution in [0.25, 0.3) is 10.9 Å². The van der Waals surface area contributed by atoms with E-state index in [4.69, 9.17) is 9.47 Å². The molecule has 0 saturated carbocycles. The monoisotopic (exact) mass is 390 g/mol. The molecule has 1 aromatic heterocycles. The molecule has 0 bridgehead atoms. The van der Waals surface area contributed by atoms with E-state index in [0.29, 0.717) is 22.4 Å². The zero-order valence-electron chi connectivity index (χ0n) is 12.4. The zero-order valence-corrected chi connectivity index (χ0v) is 14.0. The van der Waals surface area contributed by atoms with Crippen LogP contribution in [0.15, 0.2) is 53.1 Å². The normalized spacial score (nSPS) is 10.6. The molecule has 0 unspecified atom stereocenters. The van der Waals surface area contributed by atoms with Crippen molar-refractivity contribution >= 4 is 32.5 Å². The molecule has 0 aliphatic carbocycles. The summed E-state index contributed by atoms with van der Waals surface area (Å²) in [6.07, 6.45) is 1.32. The fraction of sp³-hybridized carbons (Fsp3) is 0.0625. The van der Waals surface area contributed by atoms with Crippen LogP contribution in [0, 0.1) is 15.3 Å². The van der Waals surface area contributed by atoms with Crippen LogP contribution >= 0.6 is 15.9 Å². The van der Waals surface area contributed by atoms with E-state index in [9.17, 15) is 15.3 Å². The highest BCUT2D eigenvalue weighted by atomic mass is 79.9. The Labute approximate surface area is 144 Å². The van der Waals surface area contributed by atoms with Gasteiger partial charge in [-0.25, -0.2) is 0 Å². The van der Waals surface area contributed by atoms with Gasteiger partial charge >= 0.3 is 0 Å². The summed E-state index contributed by atoms with van der Waals surface area (Å²) >= 11 is 3.35.